The molecule has 19 heavy (non-hydrogen) atoms. The minimum atomic E-state index is -0.711. The highest BCUT2D eigenvalue weighted by molar-refractivity contribution is 5.89. The van der Waals surface area contributed by atoms with Gasteiger partial charge in [0.15, 0.2) is 6.29 Å². The Bertz CT molecular complexity index is 401. The molecule has 5 nitrogen and oxygen atoms in total. The van der Waals surface area contributed by atoms with E-state index >= 15 is 0 Å². The number of carbonyl (C=O) groups is 1. The van der Waals surface area contributed by atoms with Gasteiger partial charge in [0.05, 0.1) is 12.7 Å². The average Bonchev–Trinajstić information content (AvgIpc) is 2.45. The van der Waals surface area contributed by atoms with Gasteiger partial charge in [-0.15, -0.1) is 0 Å². The average molecular weight is 268 g/mol. The summed E-state index contributed by atoms with van der Waals surface area (Å²) in [7, 11) is 4.31. The highest BCUT2D eigenvalue weighted by Crippen LogP contribution is 2.12. The van der Waals surface area contributed by atoms with Gasteiger partial charge in [0, 0.05) is 14.2 Å². The van der Waals surface area contributed by atoms with E-state index in [0.717, 1.165) is 5.56 Å². The number of aliphatic hydroxyl groups is 1. The molecule has 0 heterocycles. The third-order valence-electron chi connectivity index (χ3n) is 2.86. The third-order valence-corrected chi connectivity index (χ3v) is 2.86. The first-order valence-electron chi connectivity index (χ1n) is 6.03. The first kappa shape index (κ1) is 15.6. The van der Waals surface area contributed by atoms with Crippen molar-refractivity contribution in [1.29, 1.82) is 0 Å². The lowest BCUT2D eigenvalue weighted by Crippen LogP contribution is -2.30. The second kappa shape index (κ2) is 7.89. The van der Waals surface area contributed by atoms with Crippen molar-refractivity contribution >= 4 is 5.97 Å². The molecule has 0 aliphatic heterocycles. The van der Waals surface area contributed by atoms with Crippen molar-refractivity contribution in [3.05, 3.63) is 35.4 Å². The highest BCUT2D eigenvalue weighted by Gasteiger charge is 2.17. The Balaban J connectivity index is 2.60. The van der Waals surface area contributed by atoms with Gasteiger partial charge in [0.1, 0.15) is 6.10 Å². The summed E-state index contributed by atoms with van der Waals surface area (Å²) in [6.45, 7) is 0. The fraction of sp³-hybridized carbons (Fsp3) is 0.500. The third kappa shape index (κ3) is 4.63. The summed E-state index contributed by atoms with van der Waals surface area (Å²) >= 11 is 0. The molecule has 0 aliphatic rings. The van der Waals surface area contributed by atoms with E-state index in [9.17, 15) is 9.90 Å². The van der Waals surface area contributed by atoms with Crippen LogP contribution in [0.4, 0.5) is 0 Å². The van der Waals surface area contributed by atoms with E-state index in [-0.39, 0.29) is 5.97 Å². The van der Waals surface area contributed by atoms with Crippen LogP contribution in [0.1, 0.15) is 22.3 Å². The summed E-state index contributed by atoms with van der Waals surface area (Å²) in [4.78, 5) is 11.4. The molecule has 0 bridgehead atoms. The molecule has 0 fully saturated rings. The molecule has 5 heteroatoms. The number of methoxy groups -OCH3 is 3. The maximum absolute atomic E-state index is 11.4. The van der Waals surface area contributed by atoms with Crippen LogP contribution in [0.3, 0.4) is 0 Å². The topological polar surface area (TPSA) is 65.0 Å². The minimum Gasteiger partial charge on any atom is -0.465 e. The van der Waals surface area contributed by atoms with Gasteiger partial charge in [-0.1, -0.05) is 12.1 Å². The van der Waals surface area contributed by atoms with Crippen molar-refractivity contribution in [3.63, 3.8) is 0 Å². The molecule has 1 aromatic rings. The number of aliphatic hydroxyl groups excluding tert-OH is 1. The molecule has 0 saturated carbocycles. The van der Waals surface area contributed by atoms with E-state index in [2.05, 4.69) is 4.74 Å². The quantitative estimate of drug-likeness (QED) is 0.598. The molecule has 1 atom stereocenters. The lowest BCUT2D eigenvalue weighted by atomic mass is 10.0. The Morgan fingerprint density at radius 3 is 2.53 bits per heavy atom. The second-order valence-electron chi connectivity index (χ2n) is 4.14. The summed E-state index contributed by atoms with van der Waals surface area (Å²) < 4.78 is 14.6. The highest BCUT2D eigenvalue weighted by atomic mass is 16.7. The standard InChI is InChI=1S/C14H20O5/c1-17-13(16)11-6-4-5-10(9-11)7-8-12(15)14(18-2)19-3/h4-6,9,12,14-15H,7-8H2,1-3H3. The summed E-state index contributed by atoms with van der Waals surface area (Å²) in [5.41, 5.74) is 1.46. The first-order chi connectivity index (χ1) is 9.12. The van der Waals surface area contributed by atoms with Crippen LogP contribution < -0.4 is 0 Å². The summed E-state index contributed by atoms with van der Waals surface area (Å²) in [5.74, 6) is -0.367. The zero-order chi connectivity index (χ0) is 14.3. The summed E-state index contributed by atoms with van der Waals surface area (Å²) in [5, 5.41) is 9.85. The molecule has 1 unspecified atom stereocenters. The van der Waals surface area contributed by atoms with Crippen LogP contribution in [0.25, 0.3) is 0 Å². The molecular formula is C14H20O5. The molecule has 1 N–H and O–H groups in total. The lowest BCUT2D eigenvalue weighted by Gasteiger charge is -2.19. The van der Waals surface area contributed by atoms with Crippen molar-refractivity contribution < 1.29 is 24.1 Å². The Morgan fingerprint density at radius 1 is 1.26 bits per heavy atom. The first-order valence-corrected chi connectivity index (χ1v) is 6.03. The predicted octanol–water partition coefficient (Wildman–Crippen LogP) is 1.39. The molecule has 1 aromatic carbocycles. The number of esters is 1. The van der Waals surface area contributed by atoms with Crippen LogP contribution in [0.15, 0.2) is 24.3 Å². The van der Waals surface area contributed by atoms with E-state index in [1.807, 2.05) is 6.07 Å². The number of carbonyl (C=O) groups excluding carboxylic acids is 1. The van der Waals surface area contributed by atoms with Crippen molar-refractivity contribution in [2.24, 2.45) is 0 Å². The van der Waals surface area contributed by atoms with E-state index in [1.54, 1.807) is 18.2 Å². The normalized spacial score (nSPS) is 12.5. The molecule has 0 aliphatic carbocycles. The molecule has 106 valence electrons. The van der Waals surface area contributed by atoms with E-state index in [0.29, 0.717) is 18.4 Å². The fourth-order valence-corrected chi connectivity index (χ4v) is 1.83. The van der Waals surface area contributed by atoms with Crippen molar-refractivity contribution in [1.82, 2.24) is 0 Å². The predicted molar refractivity (Wildman–Crippen MR) is 69.9 cm³/mol. The van der Waals surface area contributed by atoms with Crippen molar-refractivity contribution in [2.75, 3.05) is 21.3 Å². The molecule has 0 saturated heterocycles. The maximum Gasteiger partial charge on any atom is 0.337 e. The van der Waals surface area contributed by atoms with Gasteiger partial charge in [-0.05, 0) is 30.5 Å². The van der Waals surface area contributed by atoms with E-state index in [4.69, 9.17) is 9.47 Å². The SMILES string of the molecule is COC(=O)c1cccc(CCC(O)C(OC)OC)c1. The largest absolute Gasteiger partial charge is 0.465 e. The number of ether oxygens (including phenoxy) is 3. The number of hydrogen-bond acceptors (Lipinski definition) is 5. The van der Waals surface area contributed by atoms with Gasteiger partial charge >= 0.3 is 5.97 Å². The smallest absolute Gasteiger partial charge is 0.337 e. The van der Waals surface area contributed by atoms with Crippen LogP contribution >= 0.6 is 0 Å². The van der Waals surface area contributed by atoms with Gasteiger partial charge < -0.3 is 19.3 Å². The Morgan fingerprint density at radius 2 is 1.95 bits per heavy atom. The van der Waals surface area contributed by atoms with Gasteiger partial charge in [-0.3, -0.25) is 0 Å². The fourth-order valence-electron chi connectivity index (χ4n) is 1.83. The monoisotopic (exact) mass is 268 g/mol. The Kier molecular flexibility index (Phi) is 6.49. The zero-order valence-corrected chi connectivity index (χ0v) is 11.5. The molecule has 1 rings (SSSR count). The Labute approximate surface area is 113 Å². The number of aryl methyl sites for hydroxylation is 1. The number of rotatable bonds is 7. The zero-order valence-electron chi connectivity index (χ0n) is 11.5. The van der Waals surface area contributed by atoms with Crippen LogP contribution in [-0.2, 0) is 20.6 Å². The van der Waals surface area contributed by atoms with Crippen LogP contribution in [0.5, 0.6) is 0 Å². The van der Waals surface area contributed by atoms with Gasteiger partial charge in [-0.2, -0.15) is 0 Å². The molecule has 0 amide bonds. The maximum atomic E-state index is 11.4. The Hall–Kier alpha value is -1.43. The molecule has 0 spiro atoms. The van der Waals surface area contributed by atoms with Crippen LogP contribution in [0, 0.1) is 0 Å². The van der Waals surface area contributed by atoms with Gasteiger partial charge in [-0.25, -0.2) is 4.79 Å². The van der Waals surface area contributed by atoms with Crippen molar-refractivity contribution in [3.8, 4) is 0 Å². The summed E-state index contributed by atoms with van der Waals surface area (Å²) in [6.07, 6.45) is -0.243. The van der Waals surface area contributed by atoms with Gasteiger partial charge in [0.2, 0.25) is 0 Å². The van der Waals surface area contributed by atoms with Crippen LogP contribution in [-0.4, -0.2) is 44.8 Å². The molecule has 0 aromatic heterocycles. The number of benzene rings is 1. The second-order valence-corrected chi connectivity index (χ2v) is 4.14. The minimum absolute atomic E-state index is 0.367. The van der Waals surface area contributed by atoms with Crippen LogP contribution in [0.2, 0.25) is 0 Å². The van der Waals surface area contributed by atoms with Gasteiger partial charge in [0.25, 0.3) is 0 Å². The van der Waals surface area contributed by atoms with E-state index in [1.165, 1.54) is 21.3 Å². The molecular weight excluding hydrogens is 248 g/mol. The molecule has 0 radical (unpaired) electrons. The van der Waals surface area contributed by atoms with E-state index < -0.39 is 12.4 Å². The lowest BCUT2D eigenvalue weighted by molar-refractivity contribution is -0.165. The number of hydrogen-bond donors (Lipinski definition) is 1. The van der Waals surface area contributed by atoms with Crippen molar-refractivity contribution in [2.45, 2.75) is 25.2 Å². The summed E-state index contributed by atoms with van der Waals surface area (Å²) in [6, 6.07) is 7.14.